The predicted molar refractivity (Wildman–Crippen MR) is 139 cm³/mol. The molecule has 0 fully saturated rings. The third-order valence-electron chi connectivity index (χ3n) is 5.82. The summed E-state index contributed by atoms with van der Waals surface area (Å²) in [6.45, 7) is 4.71. The maximum Gasteiger partial charge on any atom is 0.270 e. The normalized spacial score (nSPS) is 13.3. The van der Waals surface area contributed by atoms with E-state index in [1.54, 1.807) is 18.3 Å². The minimum absolute atomic E-state index is 0. The van der Waals surface area contributed by atoms with Crippen LogP contribution in [-0.2, 0) is 5.92 Å². The van der Waals surface area contributed by atoms with Crippen LogP contribution in [0.4, 0.5) is 8.78 Å². The van der Waals surface area contributed by atoms with Gasteiger partial charge in [0, 0.05) is 32.1 Å². The van der Waals surface area contributed by atoms with Crippen molar-refractivity contribution in [1.82, 2.24) is 10.3 Å². The Hall–Kier alpha value is -3.86. The minimum atomic E-state index is -2.71. The average Bonchev–Trinajstić information content (AvgIpc) is 3.69. The maximum atomic E-state index is 12.6. The molecule has 3 nitrogen and oxygen atoms in total. The van der Waals surface area contributed by atoms with E-state index in [9.17, 15) is 13.6 Å². The summed E-state index contributed by atoms with van der Waals surface area (Å²) < 4.78 is 25.2. The number of aryl methyl sites for hydroxylation is 1. The number of carbonyl (C=O) groups excluding carboxylic acids is 1. The second-order valence-corrected chi connectivity index (χ2v) is 8.73. The molecule has 1 radical (unpaired) electrons. The molecule has 179 valence electrons. The number of nitrogens with zero attached hydrogens (tertiary/aromatic N) is 1. The first-order valence-corrected chi connectivity index (χ1v) is 11.5. The van der Waals surface area contributed by atoms with Gasteiger partial charge in [0.25, 0.3) is 11.8 Å². The molecular weight excluding hydrogens is 442 g/mol. The summed E-state index contributed by atoms with van der Waals surface area (Å²) in [7, 11) is 0. The van der Waals surface area contributed by atoms with Crippen LogP contribution >= 0.6 is 0 Å². The summed E-state index contributed by atoms with van der Waals surface area (Å²) in [6.07, 6.45) is 5.94. The van der Waals surface area contributed by atoms with E-state index in [1.165, 1.54) is 28.7 Å². The number of hydrogen-bond acceptors (Lipinski definition) is 2. The Morgan fingerprint density at radius 3 is 2.37 bits per heavy atom. The van der Waals surface area contributed by atoms with Gasteiger partial charge in [0.2, 0.25) is 0 Å². The van der Waals surface area contributed by atoms with Gasteiger partial charge >= 0.3 is 0 Å². The zero-order valence-corrected chi connectivity index (χ0v) is 19.9. The first kappa shape index (κ1) is 24.3. The van der Waals surface area contributed by atoms with Gasteiger partial charge in [-0.15, -0.1) is 0 Å². The van der Waals surface area contributed by atoms with E-state index in [-0.39, 0.29) is 18.9 Å². The number of pyridine rings is 1. The van der Waals surface area contributed by atoms with Crippen molar-refractivity contribution >= 4 is 22.3 Å². The molecule has 0 bridgehead atoms. The number of halogens is 2. The molecule has 5 rings (SSSR count). The molecule has 0 spiro atoms. The summed E-state index contributed by atoms with van der Waals surface area (Å²) >= 11 is 0. The summed E-state index contributed by atoms with van der Waals surface area (Å²) in [5.74, 6) is -2.80. The molecule has 3 aromatic carbocycles. The Kier molecular flexibility index (Phi) is 7.06. The van der Waals surface area contributed by atoms with Crippen molar-refractivity contribution in [3.8, 4) is 0 Å². The molecule has 1 aliphatic rings. The number of nitrogens with one attached hydrogen (secondary N) is 1. The Morgan fingerprint density at radius 2 is 1.74 bits per heavy atom. The lowest BCUT2D eigenvalue weighted by Crippen LogP contribution is -2.27. The zero-order chi connectivity index (χ0) is 25.0. The van der Waals surface area contributed by atoms with Crippen LogP contribution in [-0.4, -0.2) is 10.9 Å². The van der Waals surface area contributed by atoms with E-state index in [0.29, 0.717) is 5.56 Å². The highest BCUT2D eigenvalue weighted by molar-refractivity contribution is 6.04. The standard InChI is InChI=1S/C21H17N2O.C9H10F2.H2/c1-14(20-7-2-3-12-22-20)23-21(24)17-10-11-19-16(13-17)5-4-6-18(19)15-8-9-15;1-7-3-5-8(6-4-7)9(2,10)11;/h2-14H,1H3,(H,23,24);3-6H,1-2H3;1H/t14-;;/m1../s1. The fraction of sp³-hybridized carbons (Fsp3) is 0.167. The highest BCUT2D eigenvalue weighted by atomic mass is 19.3. The Labute approximate surface area is 206 Å². The topological polar surface area (TPSA) is 42.0 Å². The van der Waals surface area contributed by atoms with Gasteiger partial charge in [0.15, 0.2) is 0 Å². The molecule has 0 saturated heterocycles. The monoisotopic (exact) mass is 471 g/mol. The lowest BCUT2D eigenvalue weighted by molar-refractivity contribution is 0.0174. The summed E-state index contributed by atoms with van der Waals surface area (Å²) in [5.41, 5.74) is 5.07. The van der Waals surface area contributed by atoms with Crippen molar-refractivity contribution in [3.63, 3.8) is 0 Å². The first-order valence-electron chi connectivity index (χ1n) is 11.5. The van der Waals surface area contributed by atoms with Gasteiger partial charge in [0.1, 0.15) is 0 Å². The number of amides is 1. The molecule has 0 unspecified atom stereocenters. The summed E-state index contributed by atoms with van der Waals surface area (Å²) in [4.78, 5) is 16.8. The Morgan fingerprint density at radius 1 is 1.00 bits per heavy atom. The van der Waals surface area contributed by atoms with Crippen LogP contribution < -0.4 is 5.32 Å². The molecule has 1 amide bonds. The second kappa shape index (κ2) is 10.2. The molecule has 1 aliphatic carbocycles. The van der Waals surface area contributed by atoms with Crippen molar-refractivity contribution in [1.29, 1.82) is 0 Å². The fourth-order valence-corrected chi connectivity index (χ4v) is 3.73. The lowest BCUT2D eigenvalue weighted by Gasteiger charge is -2.14. The number of rotatable bonds is 5. The smallest absolute Gasteiger partial charge is 0.270 e. The number of carbonyl (C=O) groups is 1. The van der Waals surface area contributed by atoms with Crippen molar-refractivity contribution in [2.75, 3.05) is 0 Å². The maximum absolute atomic E-state index is 12.6. The molecule has 1 atom stereocenters. The molecule has 1 N–H and O–H groups in total. The fourth-order valence-electron chi connectivity index (χ4n) is 3.73. The van der Waals surface area contributed by atoms with E-state index in [2.05, 4.69) is 28.9 Å². The summed E-state index contributed by atoms with van der Waals surface area (Å²) in [6, 6.07) is 23.9. The van der Waals surface area contributed by atoms with Crippen LogP contribution in [0.3, 0.4) is 0 Å². The molecule has 0 saturated carbocycles. The summed E-state index contributed by atoms with van der Waals surface area (Å²) in [5, 5.41) is 5.26. The minimum Gasteiger partial charge on any atom is -0.344 e. The van der Waals surface area contributed by atoms with Gasteiger partial charge in [-0.25, -0.2) is 8.78 Å². The van der Waals surface area contributed by atoms with Gasteiger partial charge in [0.05, 0.1) is 11.7 Å². The van der Waals surface area contributed by atoms with E-state index in [4.69, 9.17) is 0 Å². The number of benzene rings is 3. The van der Waals surface area contributed by atoms with Crippen molar-refractivity contribution in [2.24, 2.45) is 0 Å². The predicted octanol–water partition coefficient (Wildman–Crippen LogP) is 7.68. The van der Waals surface area contributed by atoms with Crippen LogP contribution in [0.1, 0.15) is 54.1 Å². The van der Waals surface area contributed by atoms with Crippen LogP contribution in [0.5, 0.6) is 0 Å². The van der Waals surface area contributed by atoms with E-state index < -0.39 is 5.92 Å². The number of alkyl halides is 2. The molecule has 35 heavy (non-hydrogen) atoms. The van der Waals surface area contributed by atoms with Crippen LogP contribution in [0, 0.1) is 13.3 Å². The van der Waals surface area contributed by atoms with Crippen LogP contribution in [0.25, 0.3) is 16.3 Å². The van der Waals surface area contributed by atoms with E-state index >= 15 is 0 Å². The van der Waals surface area contributed by atoms with Gasteiger partial charge in [-0.2, -0.15) is 0 Å². The van der Waals surface area contributed by atoms with Gasteiger partial charge in [-0.3, -0.25) is 9.78 Å². The van der Waals surface area contributed by atoms with Gasteiger partial charge in [-0.05, 0) is 60.0 Å². The second-order valence-electron chi connectivity index (χ2n) is 8.73. The third-order valence-corrected chi connectivity index (χ3v) is 5.82. The highest BCUT2D eigenvalue weighted by Gasteiger charge is 2.23. The average molecular weight is 472 g/mol. The number of hydrogen-bond donors (Lipinski definition) is 1. The van der Waals surface area contributed by atoms with Crippen molar-refractivity contribution in [2.45, 2.75) is 32.7 Å². The molecule has 1 aromatic heterocycles. The van der Waals surface area contributed by atoms with Crippen LogP contribution in [0.15, 0.2) is 91.1 Å². The largest absolute Gasteiger partial charge is 0.344 e. The number of fused-ring (bicyclic) bond motifs is 1. The van der Waals surface area contributed by atoms with Gasteiger partial charge in [-0.1, -0.05) is 66.2 Å². The number of allylic oxidation sites excluding steroid dienone is 2. The Bertz CT molecular complexity index is 1360. The molecule has 1 heterocycles. The molecular formula is C30H29F2N2O. The van der Waals surface area contributed by atoms with E-state index in [0.717, 1.165) is 23.6 Å². The Balaban J connectivity index is 0.000000256. The third kappa shape index (κ3) is 6.18. The van der Waals surface area contributed by atoms with Gasteiger partial charge < -0.3 is 5.32 Å². The van der Waals surface area contributed by atoms with Crippen LogP contribution in [0.2, 0.25) is 0 Å². The zero-order valence-electron chi connectivity index (χ0n) is 19.9. The number of aromatic nitrogens is 1. The van der Waals surface area contributed by atoms with Crippen molar-refractivity contribution in [3.05, 3.63) is 126 Å². The lowest BCUT2D eigenvalue weighted by atomic mass is 10.00. The molecule has 5 heteroatoms. The first-order chi connectivity index (χ1) is 16.7. The molecule has 0 aliphatic heterocycles. The molecule has 4 aromatic rings. The quantitative estimate of drug-likeness (QED) is 0.324. The van der Waals surface area contributed by atoms with Crippen molar-refractivity contribution < 1.29 is 15.0 Å². The SMILES string of the molecule is C[C@@H](NC(=O)c1ccc2c(C3=C[CH]3)cccc2c1)c1ccccn1.Cc1ccc(C(C)(F)F)cc1.[HH]. The van der Waals surface area contributed by atoms with E-state index in [1.807, 2.05) is 62.4 Å². The highest BCUT2D eigenvalue weighted by Crippen LogP contribution is 2.34.